The van der Waals surface area contributed by atoms with Crippen LogP contribution in [-0.4, -0.2) is 44.3 Å². The van der Waals surface area contributed by atoms with Crippen molar-refractivity contribution in [2.24, 2.45) is 13.0 Å². The number of carbonyl (C=O) groups excluding carboxylic acids is 1. The molecule has 1 aliphatic heterocycles. The third kappa shape index (κ3) is 3.14. The number of likely N-dealkylation sites (tertiary alicyclic amines) is 1. The van der Waals surface area contributed by atoms with Crippen molar-refractivity contribution in [1.29, 1.82) is 0 Å². The molecule has 1 N–H and O–H groups in total. The summed E-state index contributed by atoms with van der Waals surface area (Å²) in [7, 11) is 1.56. The minimum atomic E-state index is -0.865. The van der Waals surface area contributed by atoms with E-state index in [9.17, 15) is 19.5 Å². The topological polar surface area (TPSA) is 92.5 Å². The second-order valence-electron chi connectivity index (χ2n) is 6.51. The minimum Gasteiger partial charge on any atom is -0.481 e. The fraction of sp³-hybridized carbons (Fsp3) is 0.444. The van der Waals surface area contributed by atoms with Crippen LogP contribution in [0.1, 0.15) is 25.5 Å². The van der Waals surface area contributed by atoms with E-state index in [2.05, 4.69) is 5.10 Å². The van der Waals surface area contributed by atoms with Gasteiger partial charge in [-0.3, -0.25) is 14.4 Å². The van der Waals surface area contributed by atoms with E-state index in [4.69, 9.17) is 0 Å². The summed E-state index contributed by atoms with van der Waals surface area (Å²) in [5.41, 5.74) is 0.330. The first-order chi connectivity index (χ1) is 11.9. The molecule has 2 aromatic rings. The number of aryl methyl sites for hydroxylation is 1. The van der Waals surface area contributed by atoms with Crippen molar-refractivity contribution in [2.45, 2.75) is 32.2 Å². The molecule has 0 bridgehead atoms. The Kier molecular flexibility index (Phi) is 4.57. The summed E-state index contributed by atoms with van der Waals surface area (Å²) >= 11 is 0. The van der Waals surface area contributed by atoms with Crippen LogP contribution < -0.4 is 5.56 Å². The van der Waals surface area contributed by atoms with Gasteiger partial charge < -0.3 is 10.0 Å². The van der Waals surface area contributed by atoms with Crippen LogP contribution in [0.5, 0.6) is 0 Å². The number of aromatic nitrogens is 2. The van der Waals surface area contributed by atoms with E-state index in [1.165, 1.54) is 4.68 Å². The second kappa shape index (κ2) is 6.66. The quantitative estimate of drug-likeness (QED) is 0.904. The van der Waals surface area contributed by atoms with Crippen molar-refractivity contribution >= 4 is 22.6 Å². The van der Waals surface area contributed by atoms with Crippen molar-refractivity contribution in [1.82, 2.24) is 14.7 Å². The van der Waals surface area contributed by atoms with Gasteiger partial charge in [0.05, 0.1) is 23.4 Å². The Bertz CT molecular complexity index is 890. The van der Waals surface area contributed by atoms with Crippen LogP contribution in [0, 0.1) is 5.92 Å². The molecule has 1 aromatic carbocycles. The van der Waals surface area contributed by atoms with Gasteiger partial charge in [-0.15, -0.1) is 0 Å². The lowest BCUT2D eigenvalue weighted by Crippen LogP contribution is -2.49. The molecule has 0 aliphatic carbocycles. The smallest absolute Gasteiger partial charge is 0.308 e. The van der Waals surface area contributed by atoms with Gasteiger partial charge >= 0.3 is 5.97 Å². The van der Waals surface area contributed by atoms with E-state index >= 15 is 0 Å². The maximum Gasteiger partial charge on any atom is 0.308 e. The lowest BCUT2D eigenvalue weighted by molar-refractivity contribution is -0.148. The Morgan fingerprint density at radius 2 is 1.96 bits per heavy atom. The normalized spacial score (nSPS) is 20.6. The molecule has 1 saturated heterocycles. The van der Waals surface area contributed by atoms with Crippen molar-refractivity contribution in [3.8, 4) is 0 Å². The highest BCUT2D eigenvalue weighted by molar-refractivity contribution is 5.88. The molecule has 132 valence electrons. The van der Waals surface area contributed by atoms with Crippen LogP contribution in [0.2, 0.25) is 0 Å². The van der Waals surface area contributed by atoms with E-state index in [0.717, 1.165) is 0 Å². The SMILES string of the molecule is C[C@@H]1[C@H](C(=O)O)CCCN1C(=O)Cc1nn(C)c(=O)c2ccccc12. The second-order valence-corrected chi connectivity index (χ2v) is 6.51. The highest BCUT2D eigenvalue weighted by Crippen LogP contribution is 2.25. The Morgan fingerprint density at radius 3 is 2.64 bits per heavy atom. The van der Waals surface area contributed by atoms with Crippen LogP contribution in [0.15, 0.2) is 29.1 Å². The van der Waals surface area contributed by atoms with Gasteiger partial charge in [0, 0.05) is 25.0 Å². The fourth-order valence-electron chi connectivity index (χ4n) is 3.58. The van der Waals surface area contributed by atoms with Gasteiger partial charge in [0.1, 0.15) is 0 Å². The van der Waals surface area contributed by atoms with Crippen LogP contribution in [0.3, 0.4) is 0 Å². The molecule has 0 saturated carbocycles. The van der Waals surface area contributed by atoms with Crippen molar-refractivity contribution in [2.75, 3.05) is 6.54 Å². The van der Waals surface area contributed by atoms with Crippen LogP contribution in [0.4, 0.5) is 0 Å². The zero-order valence-corrected chi connectivity index (χ0v) is 14.3. The predicted molar refractivity (Wildman–Crippen MR) is 92.2 cm³/mol. The van der Waals surface area contributed by atoms with E-state index in [1.54, 1.807) is 43.1 Å². The fourth-order valence-corrected chi connectivity index (χ4v) is 3.58. The standard InChI is InChI=1S/C18H21N3O4/c1-11-12(18(24)25)8-5-9-21(11)16(22)10-15-13-6-3-4-7-14(13)17(23)20(2)19-15/h3-4,6-7,11-12H,5,8-10H2,1-2H3,(H,24,25)/t11-,12-/m1/s1. The number of piperidine rings is 1. The number of carboxylic acids is 1. The lowest BCUT2D eigenvalue weighted by atomic mass is 9.90. The van der Waals surface area contributed by atoms with Crippen molar-refractivity contribution in [3.05, 3.63) is 40.3 Å². The molecule has 7 heteroatoms. The molecule has 25 heavy (non-hydrogen) atoms. The number of hydrogen-bond donors (Lipinski definition) is 1. The van der Waals surface area contributed by atoms with E-state index in [-0.39, 0.29) is 23.9 Å². The van der Waals surface area contributed by atoms with Gasteiger partial charge in [-0.25, -0.2) is 4.68 Å². The number of nitrogens with zero attached hydrogens (tertiary/aromatic N) is 3. The Morgan fingerprint density at radius 1 is 1.28 bits per heavy atom. The van der Waals surface area contributed by atoms with Gasteiger partial charge in [0.15, 0.2) is 0 Å². The number of fused-ring (bicyclic) bond motifs is 1. The maximum absolute atomic E-state index is 12.8. The average molecular weight is 343 g/mol. The summed E-state index contributed by atoms with van der Waals surface area (Å²) in [5, 5.41) is 14.8. The van der Waals surface area contributed by atoms with Gasteiger partial charge in [-0.1, -0.05) is 18.2 Å². The molecule has 1 aromatic heterocycles. The van der Waals surface area contributed by atoms with Crippen LogP contribution >= 0.6 is 0 Å². The maximum atomic E-state index is 12.8. The summed E-state index contributed by atoms with van der Waals surface area (Å²) in [4.78, 5) is 38.0. The molecular weight excluding hydrogens is 322 g/mol. The van der Waals surface area contributed by atoms with Gasteiger partial charge in [-0.2, -0.15) is 5.10 Å². The van der Waals surface area contributed by atoms with E-state index < -0.39 is 11.9 Å². The monoisotopic (exact) mass is 343 g/mol. The number of benzene rings is 1. The summed E-state index contributed by atoms with van der Waals surface area (Å²) in [6.45, 7) is 2.33. The molecule has 0 radical (unpaired) electrons. The first-order valence-electron chi connectivity index (χ1n) is 8.37. The number of rotatable bonds is 3. The zero-order valence-electron chi connectivity index (χ0n) is 14.3. The molecule has 1 amide bonds. The third-order valence-electron chi connectivity index (χ3n) is 4.98. The van der Waals surface area contributed by atoms with Gasteiger partial charge in [-0.05, 0) is 25.8 Å². The van der Waals surface area contributed by atoms with E-state index in [0.29, 0.717) is 35.9 Å². The number of aliphatic carboxylic acids is 1. The Balaban J connectivity index is 1.91. The predicted octanol–water partition coefficient (Wildman–Crippen LogP) is 1.19. The molecule has 2 atom stereocenters. The molecule has 1 fully saturated rings. The minimum absolute atomic E-state index is 0.0469. The van der Waals surface area contributed by atoms with Crippen molar-refractivity contribution < 1.29 is 14.7 Å². The Labute approximate surface area is 144 Å². The molecule has 0 spiro atoms. The summed E-state index contributed by atoms with van der Waals surface area (Å²) in [6.07, 6.45) is 1.31. The highest BCUT2D eigenvalue weighted by Gasteiger charge is 2.35. The number of amides is 1. The summed E-state index contributed by atoms with van der Waals surface area (Å²) in [6, 6.07) is 6.74. The molecule has 7 nitrogen and oxygen atoms in total. The highest BCUT2D eigenvalue weighted by atomic mass is 16.4. The first kappa shape index (κ1) is 17.1. The molecule has 1 aliphatic rings. The Hall–Kier alpha value is -2.70. The van der Waals surface area contributed by atoms with Crippen molar-refractivity contribution in [3.63, 3.8) is 0 Å². The molecular formula is C18H21N3O4. The number of carbonyl (C=O) groups is 2. The van der Waals surface area contributed by atoms with E-state index in [1.807, 2.05) is 0 Å². The number of hydrogen-bond acceptors (Lipinski definition) is 4. The van der Waals surface area contributed by atoms with Crippen LogP contribution in [0.25, 0.3) is 10.8 Å². The number of carboxylic acid groups (broad SMARTS) is 1. The first-order valence-corrected chi connectivity index (χ1v) is 8.37. The van der Waals surface area contributed by atoms with Gasteiger partial charge in [0.2, 0.25) is 5.91 Å². The molecule has 0 unspecified atom stereocenters. The van der Waals surface area contributed by atoms with Gasteiger partial charge in [0.25, 0.3) is 5.56 Å². The summed E-state index contributed by atoms with van der Waals surface area (Å²) in [5.74, 6) is -1.56. The van der Waals surface area contributed by atoms with Crippen LogP contribution in [-0.2, 0) is 23.1 Å². The third-order valence-corrected chi connectivity index (χ3v) is 4.98. The molecule has 2 heterocycles. The average Bonchev–Trinajstić information content (AvgIpc) is 2.59. The zero-order chi connectivity index (χ0) is 18.1. The molecule has 3 rings (SSSR count). The largest absolute Gasteiger partial charge is 0.481 e. The lowest BCUT2D eigenvalue weighted by Gasteiger charge is -2.37. The summed E-state index contributed by atoms with van der Waals surface area (Å²) < 4.78 is 1.24.